The van der Waals surface area contributed by atoms with E-state index in [4.69, 9.17) is 0 Å². The number of fused-ring (bicyclic) bond motifs is 1. The summed E-state index contributed by atoms with van der Waals surface area (Å²) in [6.07, 6.45) is 10.9. The quantitative estimate of drug-likeness (QED) is 0.503. The van der Waals surface area contributed by atoms with Crippen LogP contribution in [0, 0.1) is 5.41 Å². The molecule has 1 spiro atoms. The molecule has 26 heavy (non-hydrogen) atoms. The molecule has 0 aromatic carbocycles. The predicted molar refractivity (Wildman–Crippen MR) is 102 cm³/mol. The third kappa shape index (κ3) is 3.40. The Balaban J connectivity index is 1.26. The Morgan fingerprint density at radius 3 is 2.81 bits per heavy atom. The zero-order chi connectivity index (χ0) is 18.0. The number of aliphatic imine (C=N–C) groups is 1. The van der Waals surface area contributed by atoms with Gasteiger partial charge in [0.25, 0.3) is 0 Å². The lowest BCUT2D eigenvalue weighted by Crippen LogP contribution is -2.41. The highest BCUT2D eigenvalue weighted by Crippen LogP contribution is 2.45. The van der Waals surface area contributed by atoms with Crippen LogP contribution in [0.1, 0.15) is 57.2 Å². The fourth-order valence-electron chi connectivity index (χ4n) is 5.00. The smallest absolute Gasteiger partial charge is 0.345 e. The van der Waals surface area contributed by atoms with E-state index in [1.54, 1.807) is 4.68 Å². The maximum absolute atomic E-state index is 12.4. The lowest BCUT2D eigenvalue weighted by Gasteiger charge is -2.25. The average molecular weight is 361 g/mol. The third-order valence-corrected chi connectivity index (χ3v) is 6.48. The summed E-state index contributed by atoms with van der Waals surface area (Å²) in [7, 11) is 1.87. The maximum atomic E-state index is 12.4. The van der Waals surface area contributed by atoms with Gasteiger partial charge in [0, 0.05) is 46.2 Å². The number of hydrogen-bond acceptors (Lipinski definition) is 3. The molecule has 1 aliphatic carbocycles. The van der Waals surface area contributed by atoms with E-state index >= 15 is 0 Å². The fraction of sp³-hybridized carbons (Fsp3) is 0.842. The molecule has 3 heterocycles. The highest BCUT2D eigenvalue weighted by atomic mass is 16.2. The minimum Gasteiger partial charge on any atom is -0.356 e. The number of aryl methyl sites for hydroxylation is 2. The van der Waals surface area contributed by atoms with Gasteiger partial charge in [0.2, 0.25) is 0 Å². The molecule has 4 rings (SSSR count). The first kappa shape index (κ1) is 17.6. The molecule has 1 N–H and O–H groups in total. The Morgan fingerprint density at radius 2 is 2.04 bits per heavy atom. The molecule has 0 radical (unpaired) electrons. The molecule has 0 bridgehead atoms. The van der Waals surface area contributed by atoms with Crippen molar-refractivity contribution in [1.82, 2.24) is 24.6 Å². The van der Waals surface area contributed by atoms with Crippen molar-refractivity contribution in [3.05, 3.63) is 16.3 Å². The summed E-state index contributed by atoms with van der Waals surface area (Å²) < 4.78 is 3.50. The second kappa shape index (κ2) is 7.45. The Morgan fingerprint density at radius 1 is 1.19 bits per heavy atom. The lowest BCUT2D eigenvalue weighted by molar-refractivity contribution is 0.309. The summed E-state index contributed by atoms with van der Waals surface area (Å²) in [5.74, 6) is 1.98. The first-order valence-electron chi connectivity index (χ1n) is 10.3. The Kier molecular flexibility index (Phi) is 5.05. The van der Waals surface area contributed by atoms with Crippen molar-refractivity contribution in [3.63, 3.8) is 0 Å². The minimum atomic E-state index is 0.0619. The van der Waals surface area contributed by atoms with E-state index in [1.165, 1.54) is 32.1 Å². The zero-order valence-electron chi connectivity index (χ0n) is 16.0. The summed E-state index contributed by atoms with van der Waals surface area (Å²) in [6, 6.07) is 0. The normalized spacial score (nSPS) is 22.2. The molecule has 7 heteroatoms. The fourth-order valence-corrected chi connectivity index (χ4v) is 5.00. The number of rotatable bonds is 4. The van der Waals surface area contributed by atoms with Gasteiger partial charge in [0.15, 0.2) is 5.96 Å². The standard InChI is InChI=1S/C19H32N6O/c1-20-17(23-14-10-19(15-23)8-3-4-9-19)21-11-6-13-25-18(26)24-12-5-2-7-16(24)22-25/h2-15H2,1H3,(H,20,21). The molecule has 1 saturated carbocycles. The minimum absolute atomic E-state index is 0.0619. The van der Waals surface area contributed by atoms with Crippen molar-refractivity contribution in [1.29, 1.82) is 0 Å². The Bertz CT molecular complexity index is 712. The van der Waals surface area contributed by atoms with Crippen molar-refractivity contribution in [2.75, 3.05) is 26.7 Å². The molecule has 0 unspecified atom stereocenters. The second-order valence-corrected chi connectivity index (χ2v) is 8.24. The van der Waals surface area contributed by atoms with Gasteiger partial charge in [0.05, 0.1) is 0 Å². The number of guanidine groups is 1. The number of likely N-dealkylation sites (tertiary alicyclic amines) is 1. The molecule has 2 fully saturated rings. The molecule has 3 aliphatic rings. The van der Waals surface area contributed by atoms with Crippen LogP contribution in [-0.4, -0.2) is 51.9 Å². The molecule has 0 atom stereocenters. The number of nitrogens with one attached hydrogen (secondary N) is 1. The zero-order valence-corrected chi connectivity index (χ0v) is 16.0. The molecule has 7 nitrogen and oxygen atoms in total. The van der Waals surface area contributed by atoms with E-state index in [2.05, 4.69) is 20.3 Å². The maximum Gasteiger partial charge on any atom is 0.345 e. The topological polar surface area (TPSA) is 67.5 Å². The summed E-state index contributed by atoms with van der Waals surface area (Å²) in [5, 5.41) is 8.01. The van der Waals surface area contributed by atoms with Crippen LogP contribution in [0.25, 0.3) is 0 Å². The third-order valence-electron chi connectivity index (χ3n) is 6.48. The molecular formula is C19H32N6O. The summed E-state index contributed by atoms with van der Waals surface area (Å²) in [4.78, 5) is 19.3. The molecule has 1 aromatic rings. The van der Waals surface area contributed by atoms with E-state index in [0.29, 0.717) is 12.0 Å². The first-order chi connectivity index (χ1) is 12.7. The van der Waals surface area contributed by atoms with Crippen LogP contribution >= 0.6 is 0 Å². The van der Waals surface area contributed by atoms with E-state index in [0.717, 1.165) is 63.6 Å². The van der Waals surface area contributed by atoms with Crippen LogP contribution in [0.3, 0.4) is 0 Å². The van der Waals surface area contributed by atoms with Gasteiger partial charge in [-0.15, -0.1) is 0 Å². The lowest BCUT2D eigenvalue weighted by atomic mass is 9.86. The molecule has 2 aliphatic heterocycles. The molecule has 1 aromatic heterocycles. The Labute approximate surface area is 155 Å². The van der Waals surface area contributed by atoms with Crippen LogP contribution in [0.2, 0.25) is 0 Å². The first-order valence-corrected chi connectivity index (χ1v) is 10.3. The van der Waals surface area contributed by atoms with Gasteiger partial charge >= 0.3 is 5.69 Å². The monoisotopic (exact) mass is 360 g/mol. The van der Waals surface area contributed by atoms with Gasteiger partial charge in [-0.05, 0) is 43.9 Å². The molecule has 144 valence electrons. The average Bonchev–Trinajstić information content (AvgIpc) is 3.37. The Hall–Kier alpha value is -1.79. The molecule has 0 amide bonds. The van der Waals surface area contributed by atoms with Crippen LogP contribution in [-0.2, 0) is 19.5 Å². The van der Waals surface area contributed by atoms with Gasteiger partial charge in [-0.2, -0.15) is 5.10 Å². The van der Waals surface area contributed by atoms with Crippen molar-refractivity contribution >= 4 is 5.96 Å². The largest absolute Gasteiger partial charge is 0.356 e. The summed E-state index contributed by atoms with van der Waals surface area (Å²) in [5.41, 5.74) is 0.618. The summed E-state index contributed by atoms with van der Waals surface area (Å²) in [6.45, 7) is 4.60. The van der Waals surface area contributed by atoms with E-state index in [9.17, 15) is 4.79 Å². The van der Waals surface area contributed by atoms with Gasteiger partial charge in [-0.25, -0.2) is 9.48 Å². The van der Waals surface area contributed by atoms with Crippen molar-refractivity contribution in [3.8, 4) is 0 Å². The van der Waals surface area contributed by atoms with Gasteiger partial charge < -0.3 is 10.2 Å². The highest BCUT2D eigenvalue weighted by Gasteiger charge is 2.41. The van der Waals surface area contributed by atoms with E-state index < -0.39 is 0 Å². The van der Waals surface area contributed by atoms with Crippen molar-refractivity contribution in [2.45, 2.75) is 70.9 Å². The van der Waals surface area contributed by atoms with Gasteiger partial charge in [0.1, 0.15) is 5.82 Å². The number of aromatic nitrogens is 3. The second-order valence-electron chi connectivity index (χ2n) is 8.24. The summed E-state index contributed by atoms with van der Waals surface area (Å²) >= 11 is 0. The van der Waals surface area contributed by atoms with Crippen molar-refractivity contribution in [2.24, 2.45) is 10.4 Å². The molecule has 1 saturated heterocycles. The SMILES string of the molecule is CN=C(NCCCn1nc2n(c1=O)CCCC2)N1CCC2(CCCC2)C1. The van der Waals surface area contributed by atoms with Crippen LogP contribution in [0.5, 0.6) is 0 Å². The van der Waals surface area contributed by atoms with Gasteiger partial charge in [-0.1, -0.05) is 12.8 Å². The number of hydrogen-bond donors (Lipinski definition) is 1. The van der Waals surface area contributed by atoms with Crippen LogP contribution in [0.15, 0.2) is 9.79 Å². The molecular weight excluding hydrogens is 328 g/mol. The predicted octanol–water partition coefficient (Wildman–Crippen LogP) is 1.61. The highest BCUT2D eigenvalue weighted by molar-refractivity contribution is 5.80. The van der Waals surface area contributed by atoms with Crippen LogP contribution < -0.4 is 11.0 Å². The van der Waals surface area contributed by atoms with Crippen LogP contribution in [0.4, 0.5) is 0 Å². The van der Waals surface area contributed by atoms with Gasteiger partial charge in [-0.3, -0.25) is 9.56 Å². The van der Waals surface area contributed by atoms with Crippen molar-refractivity contribution < 1.29 is 0 Å². The van der Waals surface area contributed by atoms with E-state index in [1.807, 2.05) is 11.6 Å². The van der Waals surface area contributed by atoms with E-state index in [-0.39, 0.29) is 5.69 Å². The number of nitrogens with zero attached hydrogens (tertiary/aromatic N) is 5.